The van der Waals surface area contributed by atoms with Crippen molar-refractivity contribution in [3.05, 3.63) is 58.3 Å². The van der Waals surface area contributed by atoms with Gasteiger partial charge in [-0.3, -0.25) is 10.1 Å². The number of aromatic nitrogens is 1. The lowest BCUT2D eigenvalue weighted by molar-refractivity contribution is -0.384. The van der Waals surface area contributed by atoms with E-state index in [1.807, 2.05) is 0 Å². The Hall–Kier alpha value is -4.16. The minimum Gasteiger partial charge on any atom is -0.476 e. The number of hydrogen-bond acceptors (Lipinski definition) is 10. The van der Waals surface area contributed by atoms with Crippen LogP contribution in [0.2, 0.25) is 0 Å². The van der Waals surface area contributed by atoms with E-state index in [0.29, 0.717) is 5.75 Å². The molecule has 0 aliphatic rings. The zero-order valence-corrected chi connectivity index (χ0v) is 17.0. The normalized spacial score (nSPS) is 10.6. The van der Waals surface area contributed by atoms with Crippen LogP contribution < -0.4 is 14.2 Å². The first-order chi connectivity index (χ1) is 15.4. The summed E-state index contributed by atoms with van der Waals surface area (Å²) in [5.74, 6) is -0.342. The first kappa shape index (κ1) is 22.5. The predicted octanol–water partition coefficient (Wildman–Crippen LogP) is 3.71. The number of carboxylic acid groups (broad SMARTS) is 1. The highest BCUT2D eigenvalue weighted by Gasteiger charge is 2.23. The van der Waals surface area contributed by atoms with Crippen LogP contribution in [0, 0.1) is 10.1 Å². The van der Waals surface area contributed by atoms with Gasteiger partial charge in [0.25, 0.3) is 5.69 Å². The monoisotopic (exact) mass is 446 g/mol. The number of ether oxygens (including phenoxy) is 5. The van der Waals surface area contributed by atoms with Gasteiger partial charge >= 0.3 is 5.97 Å². The van der Waals surface area contributed by atoms with Gasteiger partial charge in [-0.25, -0.2) is 4.79 Å². The number of carbonyl (C=O) groups is 1. The van der Waals surface area contributed by atoms with Crippen LogP contribution in [0.15, 0.2) is 47.0 Å². The van der Waals surface area contributed by atoms with Crippen molar-refractivity contribution in [3.63, 3.8) is 0 Å². The molecule has 0 radical (unpaired) electrons. The average Bonchev–Trinajstić information content (AvgIpc) is 3.26. The van der Waals surface area contributed by atoms with Crippen molar-refractivity contribution in [1.29, 1.82) is 0 Å². The Morgan fingerprint density at radius 2 is 1.69 bits per heavy atom. The lowest BCUT2D eigenvalue weighted by Gasteiger charge is -2.16. The fourth-order valence-corrected chi connectivity index (χ4v) is 2.59. The molecular weight excluding hydrogens is 428 g/mol. The third kappa shape index (κ3) is 5.30. The fourth-order valence-electron chi connectivity index (χ4n) is 2.59. The van der Waals surface area contributed by atoms with Crippen molar-refractivity contribution in [3.8, 4) is 34.3 Å². The Bertz CT molecular complexity index is 1090. The van der Waals surface area contributed by atoms with E-state index in [0.717, 1.165) is 0 Å². The van der Waals surface area contributed by atoms with Gasteiger partial charge < -0.3 is 33.3 Å². The van der Waals surface area contributed by atoms with Crippen molar-refractivity contribution in [1.82, 2.24) is 5.16 Å². The molecule has 168 valence electrons. The highest BCUT2D eigenvalue weighted by Crippen LogP contribution is 2.44. The zero-order valence-electron chi connectivity index (χ0n) is 17.0. The minimum absolute atomic E-state index is 0.0451. The molecule has 0 amide bonds. The van der Waals surface area contributed by atoms with E-state index in [2.05, 4.69) is 5.16 Å². The van der Waals surface area contributed by atoms with E-state index in [-0.39, 0.29) is 53.5 Å². The number of nitro benzene ring substituents is 1. The van der Waals surface area contributed by atoms with Crippen LogP contribution in [-0.2, 0) is 9.47 Å². The van der Waals surface area contributed by atoms with E-state index in [4.69, 9.17) is 28.2 Å². The molecule has 0 atom stereocenters. The summed E-state index contributed by atoms with van der Waals surface area (Å²) in [6.45, 7) is -0.205. The Morgan fingerprint density at radius 1 is 1.03 bits per heavy atom. The number of aromatic carboxylic acids is 1. The van der Waals surface area contributed by atoms with Crippen LogP contribution in [0.3, 0.4) is 0 Å². The summed E-state index contributed by atoms with van der Waals surface area (Å²) in [6.07, 6.45) is 0. The molecule has 0 aliphatic heterocycles. The third-order valence-electron chi connectivity index (χ3n) is 3.97. The quantitative estimate of drug-likeness (QED) is 0.260. The summed E-state index contributed by atoms with van der Waals surface area (Å²) in [5, 5.41) is 23.6. The largest absolute Gasteiger partial charge is 0.476 e. The molecule has 12 nitrogen and oxygen atoms in total. The fraction of sp³-hybridized carbons (Fsp3) is 0.200. The molecule has 0 saturated carbocycles. The van der Waals surface area contributed by atoms with Gasteiger partial charge in [0.1, 0.15) is 28.6 Å². The Balaban J connectivity index is 2.10. The third-order valence-corrected chi connectivity index (χ3v) is 3.97. The van der Waals surface area contributed by atoms with Crippen molar-refractivity contribution in [2.24, 2.45) is 0 Å². The van der Waals surface area contributed by atoms with Crippen LogP contribution in [0.5, 0.6) is 23.0 Å². The SMILES string of the molecule is COCOc1cc(OCOC)c(-c2cc(C(=O)O)no2)c(Oc2ccc([N+](=O)[O-])cc2)c1. The minimum atomic E-state index is -1.28. The van der Waals surface area contributed by atoms with Crippen LogP contribution in [0.1, 0.15) is 10.5 Å². The van der Waals surface area contributed by atoms with Gasteiger partial charge in [-0.15, -0.1) is 0 Å². The summed E-state index contributed by atoms with van der Waals surface area (Å²) in [6, 6.07) is 9.58. The summed E-state index contributed by atoms with van der Waals surface area (Å²) >= 11 is 0. The molecule has 3 aromatic rings. The van der Waals surface area contributed by atoms with Crippen molar-refractivity contribution >= 4 is 11.7 Å². The second-order valence-electron chi connectivity index (χ2n) is 6.13. The number of benzene rings is 2. The first-order valence-electron chi connectivity index (χ1n) is 8.97. The van der Waals surface area contributed by atoms with E-state index < -0.39 is 10.9 Å². The van der Waals surface area contributed by atoms with Gasteiger partial charge in [0.05, 0.1) is 4.92 Å². The van der Waals surface area contributed by atoms with E-state index >= 15 is 0 Å². The van der Waals surface area contributed by atoms with Gasteiger partial charge in [-0.2, -0.15) is 0 Å². The van der Waals surface area contributed by atoms with Crippen molar-refractivity contribution in [2.75, 3.05) is 27.8 Å². The average molecular weight is 446 g/mol. The molecule has 0 saturated heterocycles. The second-order valence-corrected chi connectivity index (χ2v) is 6.13. The molecule has 1 N–H and O–H groups in total. The number of hydrogen-bond donors (Lipinski definition) is 1. The number of non-ortho nitro benzene ring substituents is 1. The molecule has 1 aromatic heterocycles. The number of nitrogens with zero attached hydrogens (tertiary/aromatic N) is 2. The molecule has 0 bridgehead atoms. The van der Waals surface area contributed by atoms with Gasteiger partial charge in [-0.05, 0) is 12.1 Å². The summed E-state index contributed by atoms with van der Waals surface area (Å²) in [7, 11) is 2.88. The lowest BCUT2D eigenvalue weighted by Crippen LogP contribution is -2.04. The topological polar surface area (TPSA) is 153 Å². The standard InChI is InChI=1S/C20H18N2O10/c1-27-10-29-14-7-16(30-11-28-2)19(18-9-15(20(23)24)21-32-18)17(8-14)31-13-5-3-12(4-6-13)22(25)26/h3-9H,10-11H2,1-2H3,(H,23,24). The van der Waals surface area contributed by atoms with E-state index in [9.17, 15) is 20.0 Å². The molecule has 0 spiro atoms. The van der Waals surface area contributed by atoms with Crippen LogP contribution in [-0.4, -0.2) is 49.0 Å². The number of nitro groups is 1. The van der Waals surface area contributed by atoms with Gasteiger partial charge in [0.2, 0.25) is 0 Å². The smallest absolute Gasteiger partial charge is 0.358 e. The maximum atomic E-state index is 11.2. The number of rotatable bonds is 11. The predicted molar refractivity (Wildman–Crippen MR) is 107 cm³/mol. The highest BCUT2D eigenvalue weighted by atomic mass is 16.7. The molecule has 0 aliphatic carbocycles. The first-order valence-corrected chi connectivity index (χ1v) is 8.97. The molecular formula is C20H18N2O10. The maximum absolute atomic E-state index is 11.2. The van der Waals surface area contributed by atoms with Gasteiger partial charge in [0.15, 0.2) is 25.0 Å². The van der Waals surface area contributed by atoms with Crippen LogP contribution in [0.25, 0.3) is 11.3 Å². The Kier molecular flexibility index (Phi) is 7.21. The molecule has 1 heterocycles. The summed E-state index contributed by atoms with van der Waals surface area (Å²) < 4.78 is 32.1. The van der Waals surface area contributed by atoms with E-state index in [1.165, 1.54) is 56.7 Å². The Morgan fingerprint density at radius 3 is 2.28 bits per heavy atom. The van der Waals surface area contributed by atoms with Gasteiger partial charge in [0, 0.05) is 44.6 Å². The Labute approximate surface area is 181 Å². The lowest BCUT2D eigenvalue weighted by atomic mass is 10.1. The molecule has 0 fully saturated rings. The van der Waals surface area contributed by atoms with Crippen molar-refractivity contribution in [2.45, 2.75) is 0 Å². The molecule has 0 unspecified atom stereocenters. The summed E-state index contributed by atoms with van der Waals surface area (Å²) in [4.78, 5) is 21.6. The molecule has 3 rings (SSSR count). The van der Waals surface area contributed by atoms with Crippen LogP contribution >= 0.6 is 0 Å². The second kappa shape index (κ2) is 10.2. The molecule has 32 heavy (non-hydrogen) atoms. The molecule has 12 heteroatoms. The highest BCUT2D eigenvalue weighted by molar-refractivity contribution is 5.87. The number of methoxy groups -OCH3 is 2. The van der Waals surface area contributed by atoms with Crippen molar-refractivity contribution < 1.29 is 43.0 Å². The molecule has 2 aromatic carbocycles. The number of carboxylic acids is 1. The maximum Gasteiger partial charge on any atom is 0.358 e. The zero-order chi connectivity index (χ0) is 23.1. The van der Waals surface area contributed by atoms with Gasteiger partial charge in [-0.1, -0.05) is 5.16 Å². The summed E-state index contributed by atoms with van der Waals surface area (Å²) in [5.41, 5.74) is -0.205. The van der Waals surface area contributed by atoms with Crippen LogP contribution in [0.4, 0.5) is 5.69 Å². The van der Waals surface area contributed by atoms with E-state index in [1.54, 1.807) is 0 Å².